The second-order valence-corrected chi connectivity index (χ2v) is 6.91. The van der Waals surface area contributed by atoms with Gasteiger partial charge in [-0.2, -0.15) is 0 Å². The van der Waals surface area contributed by atoms with Crippen LogP contribution in [0.4, 0.5) is 0 Å². The molecule has 25 heavy (non-hydrogen) atoms. The number of hydrogen-bond donors (Lipinski definition) is 1. The van der Waals surface area contributed by atoms with Gasteiger partial charge in [0.15, 0.2) is 0 Å². The lowest BCUT2D eigenvalue weighted by Crippen LogP contribution is -2.43. The number of amides is 2. The fourth-order valence-corrected chi connectivity index (χ4v) is 3.67. The van der Waals surface area contributed by atoms with E-state index in [2.05, 4.69) is 0 Å². The predicted molar refractivity (Wildman–Crippen MR) is 91.8 cm³/mol. The van der Waals surface area contributed by atoms with Crippen LogP contribution in [0.3, 0.4) is 0 Å². The van der Waals surface area contributed by atoms with Gasteiger partial charge in [-0.25, -0.2) is 0 Å². The zero-order chi connectivity index (χ0) is 17.8. The van der Waals surface area contributed by atoms with Gasteiger partial charge < -0.3 is 14.9 Å². The second-order valence-electron chi connectivity index (χ2n) is 6.91. The number of rotatable bonds is 5. The first-order chi connectivity index (χ1) is 12.0. The van der Waals surface area contributed by atoms with Crippen molar-refractivity contribution in [1.29, 1.82) is 0 Å². The molecule has 0 saturated carbocycles. The monoisotopic (exact) mass is 344 g/mol. The maximum atomic E-state index is 12.6. The summed E-state index contributed by atoms with van der Waals surface area (Å²) in [6, 6.07) is 10.0. The first kappa shape index (κ1) is 17.5. The number of carbonyl (C=O) groups is 3. The van der Waals surface area contributed by atoms with E-state index in [1.807, 2.05) is 30.3 Å². The SMILES string of the molecule is O=C(O)C1CCN(C(=O)[C@H]2CC(=O)N(CCc3ccccc3)C2)CC1. The van der Waals surface area contributed by atoms with Crippen molar-refractivity contribution in [2.45, 2.75) is 25.7 Å². The van der Waals surface area contributed by atoms with Crippen LogP contribution in [0.15, 0.2) is 30.3 Å². The third-order valence-corrected chi connectivity index (χ3v) is 5.23. The number of carboxylic acids is 1. The Hall–Kier alpha value is -2.37. The minimum absolute atomic E-state index is 0.000556. The molecule has 2 amide bonds. The molecule has 6 heteroatoms. The molecule has 134 valence electrons. The Kier molecular flexibility index (Phi) is 5.36. The molecule has 0 radical (unpaired) electrons. The Morgan fingerprint density at radius 1 is 1.08 bits per heavy atom. The van der Waals surface area contributed by atoms with Crippen molar-refractivity contribution in [1.82, 2.24) is 9.80 Å². The number of hydrogen-bond acceptors (Lipinski definition) is 3. The maximum Gasteiger partial charge on any atom is 0.306 e. The number of likely N-dealkylation sites (tertiary alicyclic amines) is 2. The van der Waals surface area contributed by atoms with Crippen molar-refractivity contribution in [2.75, 3.05) is 26.2 Å². The van der Waals surface area contributed by atoms with E-state index in [1.165, 1.54) is 5.56 Å². The summed E-state index contributed by atoms with van der Waals surface area (Å²) in [5.74, 6) is -1.38. The molecule has 3 rings (SSSR count). The summed E-state index contributed by atoms with van der Waals surface area (Å²) in [7, 11) is 0. The van der Waals surface area contributed by atoms with E-state index >= 15 is 0 Å². The van der Waals surface area contributed by atoms with E-state index in [9.17, 15) is 14.4 Å². The van der Waals surface area contributed by atoms with Crippen LogP contribution in [0, 0.1) is 11.8 Å². The highest BCUT2D eigenvalue weighted by atomic mass is 16.4. The number of carbonyl (C=O) groups excluding carboxylic acids is 2. The highest BCUT2D eigenvalue weighted by molar-refractivity contribution is 5.89. The topological polar surface area (TPSA) is 77.9 Å². The first-order valence-corrected chi connectivity index (χ1v) is 8.88. The van der Waals surface area contributed by atoms with Crippen LogP contribution in [0.25, 0.3) is 0 Å². The third kappa shape index (κ3) is 4.18. The van der Waals surface area contributed by atoms with Crippen LogP contribution in [0.5, 0.6) is 0 Å². The van der Waals surface area contributed by atoms with Gasteiger partial charge in [0.2, 0.25) is 11.8 Å². The zero-order valence-electron chi connectivity index (χ0n) is 14.3. The highest BCUT2D eigenvalue weighted by Crippen LogP contribution is 2.24. The minimum Gasteiger partial charge on any atom is -0.481 e. The molecule has 1 N–H and O–H groups in total. The van der Waals surface area contributed by atoms with Crippen molar-refractivity contribution in [3.63, 3.8) is 0 Å². The summed E-state index contributed by atoms with van der Waals surface area (Å²) < 4.78 is 0. The van der Waals surface area contributed by atoms with Gasteiger partial charge in [-0.1, -0.05) is 30.3 Å². The van der Waals surface area contributed by atoms with Gasteiger partial charge in [0, 0.05) is 32.6 Å². The fourth-order valence-electron chi connectivity index (χ4n) is 3.67. The lowest BCUT2D eigenvalue weighted by atomic mass is 9.95. The molecular formula is C19H24N2O4. The Morgan fingerprint density at radius 3 is 2.40 bits per heavy atom. The van der Waals surface area contributed by atoms with Crippen LogP contribution >= 0.6 is 0 Å². The number of benzene rings is 1. The summed E-state index contributed by atoms with van der Waals surface area (Å²) in [5, 5.41) is 9.04. The molecule has 1 aromatic carbocycles. The van der Waals surface area contributed by atoms with Gasteiger partial charge in [-0.15, -0.1) is 0 Å². The molecule has 0 spiro atoms. The van der Waals surface area contributed by atoms with E-state index in [0.717, 1.165) is 6.42 Å². The van der Waals surface area contributed by atoms with Crippen molar-refractivity contribution in [2.24, 2.45) is 11.8 Å². The van der Waals surface area contributed by atoms with E-state index in [1.54, 1.807) is 9.80 Å². The van der Waals surface area contributed by atoms with Gasteiger partial charge >= 0.3 is 5.97 Å². The van der Waals surface area contributed by atoms with Gasteiger partial charge in [0.25, 0.3) is 0 Å². The molecule has 0 bridgehead atoms. The molecule has 0 aromatic heterocycles. The molecule has 2 aliphatic rings. The summed E-state index contributed by atoms with van der Waals surface area (Å²) >= 11 is 0. The van der Waals surface area contributed by atoms with Gasteiger partial charge in [-0.3, -0.25) is 14.4 Å². The normalized spacial score (nSPS) is 21.6. The summed E-state index contributed by atoms with van der Waals surface area (Å²) in [4.78, 5) is 39.4. The summed E-state index contributed by atoms with van der Waals surface area (Å²) in [6.45, 7) is 2.06. The molecule has 1 aromatic rings. The Morgan fingerprint density at radius 2 is 1.76 bits per heavy atom. The van der Waals surface area contributed by atoms with Gasteiger partial charge in [0.05, 0.1) is 11.8 Å². The van der Waals surface area contributed by atoms with E-state index in [4.69, 9.17) is 5.11 Å². The molecular weight excluding hydrogens is 320 g/mol. The second kappa shape index (κ2) is 7.68. The predicted octanol–water partition coefficient (Wildman–Crippen LogP) is 1.40. The Labute approximate surface area is 147 Å². The molecule has 0 aliphatic carbocycles. The quantitative estimate of drug-likeness (QED) is 0.876. The van der Waals surface area contributed by atoms with Crippen LogP contribution < -0.4 is 0 Å². The van der Waals surface area contributed by atoms with Gasteiger partial charge in [-0.05, 0) is 24.8 Å². The molecule has 2 saturated heterocycles. The molecule has 2 fully saturated rings. The average molecular weight is 344 g/mol. The van der Waals surface area contributed by atoms with Crippen molar-refractivity contribution in [3.05, 3.63) is 35.9 Å². The largest absolute Gasteiger partial charge is 0.481 e. The maximum absolute atomic E-state index is 12.6. The Balaban J connectivity index is 1.50. The van der Waals surface area contributed by atoms with Crippen LogP contribution in [-0.2, 0) is 20.8 Å². The van der Waals surface area contributed by atoms with E-state index in [0.29, 0.717) is 39.0 Å². The third-order valence-electron chi connectivity index (χ3n) is 5.23. The smallest absolute Gasteiger partial charge is 0.306 e. The molecule has 1 atom stereocenters. The molecule has 2 aliphatic heterocycles. The number of carboxylic acid groups (broad SMARTS) is 1. The van der Waals surface area contributed by atoms with Crippen LogP contribution in [0.1, 0.15) is 24.8 Å². The van der Waals surface area contributed by atoms with E-state index < -0.39 is 5.97 Å². The fraction of sp³-hybridized carbons (Fsp3) is 0.526. The number of nitrogens with zero attached hydrogens (tertiary/aromatic N) is 2. The molecule has 0 unspecified atom stereocenters. The average Bonchev–Trinajstić information content (AvgIpc) is 3.01. The Bertz CT molecular complexity index is 638. The lowest BCUT2D eigenvalue weighted by molar-refractivity contribution is -0.146. The van der Waals surface area contributed by atoms with Crippen molar-refractivity contribution < 1.29 is 19.5 Å². The van der Waals surface area contributed by atoms with E-state index in [-0.39, 0.29) is 30.1 Å². The number of piperidine rings is 1. The van der Waals surface area contributed by atoms with Crippen molar-refractivity contribution >= 4 is 17.8 Å². The summed E-state index contributed by atoms with van der Waals surface area (Å²) in [5.41, 5.74) is 1.18. The van der Waals surface area contributed by atoms with Crippen LogP contribution in [-0.4, -0.2) is 58.9 Å². The highest BCUT2D eigenvalue weighted by Gasteiger charge is 2.37. The van der Waals surface area contributed by atoms with Crippen LogP contribution in [0.2, 0.25) is 0 Å². The lowest BCUT2D eigenvalue weighted by Gasteiger charge is -2.31. The minimum atomic E-state index is -0.782. The summed E-state index contributed by atoms with van der Waals surface area (Å²) in [6.07, 6.45) is 2.06. The number of aliphatic carboxylic acids is 1. The standard InChI is InChI=1S/C19H24N2O4/c22-17-12-16(13-21(17)9-6-14-4-2-1-3-5-14)18(23)20-10-7-15(8-11-20)19(24)25/h1-5,15-16H,6-13H2,(H,24,25)/t16-/m0/s1. The molecule has 6 nitrogen and oxygen atoms in total. The molecule has 2 heterocycles. The zero-order valence-corrected chi connectivity index (χ0v) is 14.3. The van der Waals surface area contributed by atoms with Gasteiger partial charge in [0.1, 0.15) is 0 Å². The first-order valence-electron chi connectivity index (χ1n) is 8.88. The van der Waals surface area contributed by atoms with Crippen molar-refractivity contribution in [3.8, 4) is 0 Å².